The van der Waals surface area contributed by atoms with Gasteiger partial charge in [-0.15, -0.1) is 0 Å². The van der Waals surface area contributed by atoms with E-state index in [4.69, 9.17) is 4.74 Å². The monoisotopic (exact) mass is 396 g/mol. The molecule has 29 heavy (non-hydrogen) atoms. The van der Waals surface area contributed by atoms with Gasteiger partial charge in [0.2, 0.25) is 11.8 Å². The zero-order chi connectivity index (χ0) is 20.6. The molecule has 1 aromatic carbocycles. The number of anilines is 1. The van der Waals surface area contributed by atoms with Gasteiger partial charge in [-0.3, -0.25) is 9.59 Å². The van der Waals surface area contributed by atoms with Gasteiger partial charge in [0.15, 0.2) is 0 Å². The van der Waals surface area contributed by atoms with Crippen LogP contribution in [0.5, 0.6) is 5.75 Å². The fraction of sp³-hybridized carbons (Fsp3) is 0.409. The molecule has 1 unspecified atom stereocenters. The molecule has 1 fully saturated rings. The van der Waals surface area contributed by atoms with Crippen LogP contribution in [0.25, 0.3) is 0 Å². The first-order valence-electron chi connectivity index (χ1n) is 9.93. The van der Waals surface area contributed by atoms with E-state index in [9.17, 15) is 9.59 Å². The van der Waals surface area contributed by atoms with E-state index < -0.39 is 6.04 Å². The van der Waals surface area contributed by atoms with E-state index >= 15 is 0 Å². The maximum Gasteiger partial charge on any atom is 0.222 e. The van der Waals surface area contributed by atoms with Crippen molar-refractivity contribution in [1.82, 2.24) is 15.6 Å². The van der Waals surface area contributed by atoms with Crippen molar-refractivity contribution in [3.8, 4) is 5.75 Å². The van der Waals surface area contributed by atoms with Gasteiger partial charge in [0, 0.05) is 32.8 Å². The molecule has 0 spiro atoms. The lowest BCUT2D eigenvalue weighted by molar-refractivity contribution is -0.122. The van der Waals surface area contributed by atoms with E-state index in [1.54, 1.807) is 13.3 Å². The number of ether oxygens (including phenoxy) is 1. The Labute approximate surface area is 171 Å². The predicted molar refractivity (Wildman–Crippen MR) is 112 cm³/mol. The van der Waals surface area contributed by atoms with E-state index in [1.807, 2.05) is 36.4 Å². The van der Waals surface area contributed by atoms with Crippen LogP contribution in [0.3, 0.4) is 0 Å². The number of benzene rings is 1. The fourth-order valence-corrected chi connectivity index (χ4v) is 3.48. The third-order valence-corrected chi connectivity index (χ3v) is 5.01. The average molecular weight is 396 g/mol. The number of carbonyl (C=O) groups is 2. The minimum atomic E-state index is -0.393. The summed E-state index contributed by atoms with van der Waals surface area (Å²) < 4.78 is 5.17. The molecular weight excluding hydrogens is 368 g/mol. The summed E-state index contributed by atoms with van der Waals surface area (Å²) in [5, 5.41) is 5.80. The summed E-state index contributed by atoms with van der Waals surface area (Å²) in [7, 11) is 1.60. The maximum atomic E-state index is 12.5. The van der Waals surface area contributed by atoms with Crippen LogP contribution in [-0.2, 0) is 16.1 Å². The molecule has 1 saturated heterocycles. The summed E-state index contributed by atoms with van der Waals surface area (Å²) in [5.41, 5.74) is 1.87. The van der Waals surface area contributed by atoms with Crippen molar-refractivity contribution in [3.05, 3.63) is 53.7 Å². The standard InChI is InChI=1S/C22H28N4O3/c1-16(27)25-20(18-5-7-19(29-2)8-6-18)14-22(28)24-15-17-9-10-23-21(13-17)26-11-3-4-12-26/h5-10,13,20H,3-4,11-12,14-15H2,1-2H3,(H,24,28)(H,25,27). The molecule has 2 aromatic rings. The van der Waals surface area contributed by atoms with Crippen molar-refractivity contribution in [2.45, 2.75) is 38.8 Å². The molecule has 2 amide bonds. The number of hydrogen-bond acceptors (Lipinski definition) is 5. The highest BCUT2D eigenvalue weighted by molar-refractivity contribution is 5.79. The Balaban J connectivity index is 1.59. The third-order valence-electron chi connectivity index (χ3n) is 5.01. The Morgan fingerprint density at radius 2 is 1.90 bits per heavy atom. The lowest BCUT2D eigenvalue weighted by Gasteiger charge is -2.19. The van der Waals surface area contributed by atoms with Gasteiger partial charge in [-0.05, 0) is 48.2 Å². The topological polar surface area (TPSA) is 83.6 Å². The molecule has 1 aromatic heterocycles. The van der Waals surface area contributed by atoms with Gasteiger partial charge >= 0.3 is 0 Å². The first-order chi connectivity index (χ1) is 14.0. The summed E-state index contributed by atoms with van der Waals surface area (Å²) in [5.74, 6) is 1.39. The van der Waals surface area contributed by atoms with E-state index in [2.05, 4.69) is 20.5 Å². The van der Waals surface area contributed by atoms with Crippen molar-refractivity contribution in [2.75, 3.05) is 25.1 Å². The van der Waals surface area contributed by atoms with Crippen molar-refractivity contribution in [3.63, 3.8) is 0 Å². The molecule has 0 bridgehead atoms. The summed E-state index contributed by atoms with van der Waals surface area (Å²) in [6, 6.07) is 10.9. The Kier molecular flexibility index (Phi) is 7.05. The van der Waals surface area contributed by atoms with Crippen LogP contribution in [-0.4, -0.2) is 37.0 Å². The van der Waals surface area contributed by atoms with E-state index in [-0.39, 0.29) is 18.2 Å². The quantitative estimate of drug-likeness (QED) is 0.717. The molecule has 3 rings (SSSR count). The Hall–Kier alpha value is -3.09. The van der Waals surface area contributed by atoms with Crippen LogP contribution in [0, 0.1) is 0 Å². The highest BCUT2D eigenvalue weighted by Crippen LogP contribution is 2.21. The summed E-state index contributed by atoms with van der Waals surface area (Å²) >= 11 is 0. The van der Waals surface area contributed by atoms with Crippen molar-refractivity contribution in [2.24, 2.45) is 0 Å². The normalized spacial score (nSPS) is 14.3. The number of nitrogens with zero attached hydrogens (tertiary/aromatic N) is 2. The van der Waals surface area contributed by atoms with Crippen LogP contribution in [0.15, 0.2) is 42.6 Å². The number of methoxy groups -OCH3 is 1. The minimum absolute atomic E-state index is 0.126. The zero-order valence-electron chi connectivity index (χ0n) is 17.0. The molecule has 2 N–H and O–H groups in total. The second-order valence-electron chi connectivity index (χ2n) is 7.22. The SMILES string of the molecule is COc1ccc(C(CC(=O)NCc2ccnc(N3CCCC3)c2)NC(C)=O)cc1. The van der Waals surface area contributed by atoms with Crippen LogP contribution in [0.2, 0.25) is 0 Å². The Bertz CT molecular complexity index is 832. The van der Waals surface area contributed by atoms with Gasteiger partial charge in [0.25, 0.3) is 0 Å². The van der Waals surface area contributed by atoms with E-state index in [1.165, 1.54) is 19.8 Å². The Morgan fingerprint density at radius 3 is 2.55 bits per heavy atom. The van der Waals surface area contributed by atoms with Crippen LogP contribution in [0.1, 0.15) is 43.4 Å². The number of aromatic nitrogens is 1. The summed E-state index contributed by atoms with van der Waals surface area (Å²) in [6.45, 7) is 3.94. The molecule has 1 aliphatic rings. The van der Waals surface area contributed by atoms with Gasteiger partial charge in [0.05, 0.1) is 19.6 Å². The first kappa shape index (κ1) is 20.6. The number of rotatable bonds is 8. The highest BCUT2D eigenvalue weighted by Gasteiger charge is 2.18. The van der Waals surface area contributed by atoms with Crippen LogP contribution < -0.4 is 20.3 Å². The van der Waals surface area contributed by atoms with Gasteiger partial charge in [-0.1, -0.05) is 12.1 Å². The van der Waals surface area contributed by atoms with Crippen molar-refractivity contribution >= 4 is 17.6 Å². The van der Waals surface area contributed by atoms with Crippen molar-refractivity contribution < 1.29 is 14.3 Å². The maximum absolute atomic E-state index is 12.5. The number of hydrogen-bond donors (Lipinski definition) is 2. The van der Waals surface area contributed by atoms with E-state index in [0.717, 1.165) is 35.8 Å². The Morgan fingerprint density at radius 1 is 1.17 bits per heavy atom. The lowest BCUT2D eigenvalue weighted by atomic mass is 10.0. The van der Waals surface area contributed by atoms with Crippen LogP contribution >= 0.6 is 0 Å². The molecule has 0 radical (unpaired) electrons. The summed E-state index contributed by atoms with van der Waals surface area (Å²) in [6.07, 6.45) is 4.33. The second-order valence-corrected chi connectivity index (χ2v) is 7.22. The van der Waals surface area contributed by atoms with Gasteiger partial charge in [0.1, 0.15) is 11.6 Å². The largest absolute Gasteiger partial charge is 0.497 e. The smallest absolute Gasteiger partial charge is 0.222 e. The molecule has 0 aliphatic carbocycles. The number of nitrogens with one attached hydrogen (secondary N) is 2. The number of pyridine rings is 1. The zero-order valence-corrected chi connectivity index (χ0v) is 17.0. The molecule has 7 heteroatoms. The molecule has 1 aliphatic heterocycles. The highest BCUT2D eigenvalue weighted by atomic mass is 16.5. The second kappa shape index (κ2) is 9.91. The molecule has 1 atom stereocenters. The van der Waals surface area contributed by atoms with Gasteiger partial charge in [-0.25, -0.2) is 4.98 Å². The lowest BCUT2D eigenvalue weighted by Crippen LogP contribution is -2.32. The third kappa shape index (κ3) is 5.94. The van der Waals surface area contributed by atoms with Gasteiger partial charge in [-0.2, -0.15) is 0 Å². The molecular formula is C22H28N4O3. The molecule has 7 nitrogen and oxygen atoms in total. The number of amides is 2. The average Bonchev–Trinajstić information content (AvgIpc) is 3.27. The number of carbonyl (C=O) groups excluding carboxylic acids is 2. The van der Waals surface area contributed by atoms with Gasteiger partial charge < -0.3 is 20.3 Å². The predicted octanol–water partition coefficient (Wildman–Crippen LogP) is 2.57. The fourth-order valence-electron chi connectivity index (χ4n) is 3.48. The minimum Gasteiger partial charge on any atom is -0.497 e. The van der Waals surface area contributed by atoms with Crippen LogP contribution in [0.4, 0.5) is 5.82 Å². The molecule has 2 heterocycles. The summed E-state index contributed by atoms with van der Waals surface area (Å²) in [4.78, 5) is 30.8. The molecule has 154 valence electrons. The first-order valence-corrected chi connectivity index (χ1v) is 9.93. The van der Waals surface area contributed by atoms with Crippen molar-refractivity contribution in [1.29, 1.82) is 0 Å². The van der Waals surface area contributed by atoms with E-state index in [0.29, 0.717) is 6.54 Å². The molecule has 0 saturated carbocycles.